The van der Waals surface area contributed by atoms with Crippen LogP contribution >= 0.6 is 11.6 Å². The topological polar surface area (TPSA) is 59.8 Å². The Morgan fingerprint density at radius 1 is 1.16 bits per heavy atom. The summed E-state index contributed by atoms with van der Waals surface area (Å²) in [6.45, 7) is 4.42. The van der Waals surface area contributed by atoms with E-state index in [1.54, 1.807) is 18.3 Å². The zero-order chi connectivity index (χ0) is 22.7. The standard InChI is InChI=1S/C25H24ClFN4O/c1-16-13-22-25(28-14-16)31(15-18-3-9-21(27)10-4-18)23(30-22)11-12-24(32)29-17(2)19-5-7-20(26)8-6-19/h3-10,13-14,17H,11-12,15H2,1-2H3,(H,29,32). The van der Waals surface area contributed by atoms with Crippen molar-refractivity contribution in [1.29, 1.82) is 0 Å². The molecule has 0 fully saturated rings. The van der Waals surface area contributed by atoms with E-state index in [4.69, 9.17) is 16.6 Å². The molecular formula is C25H24ClFN4O. The Kier molecular flexibility index (Phi) is 6.51. The molecule has 1 N–H and O–H groups in total. The molecule has 4 rings (SSSR count). The first kappa shape index (κ1) is 22.0. The van der Waals surface area contributed by atoms with E-state index < -0.39 is 0 Å². The minimum absolute atomic E-state index is 0.0584. The van der Waals surface area contributed by atoms with E-state index in [-0.39, 0.29) is 17.8 Å². The number of fused-ring (bicyclic) bond motifs is 1. The average molecular weight is 451 g/mol. The van der Waals surface area contributed by atoms with Gasteiger partial charge in [-0.05, 0) is 60.9 Å². The maximum Gasteiger partial charge on any atom is 0.220 e. The van der Waals surface area contributed by atoms with Crippen molar-refractivity contribution in [3.05, 3.63) is 94.1 Å². The van der Waals surface area contributed by atoms with Crippen molar-refractivity contribution in [1.82, 2.24) is 19.9 Å². The van der Waals surface area contributed by atoms with Gasteiger partial charge in [-0.2, -0.15) is 0 Å². The van der Waals surface area contributed by atoms with Gasteiger partial charge in [-0.1, -0.05) is 35.9 Å². The highest BCUT2D eigenvalue weighted by atomic mass is 35.5. The normalized spacial score (nSPS) is 12.1. The van der Waals surface area contributed by atoms with Crippen molar-refractivity contribution in [3.63, 3.8) is 0 Å². The van der Waals surface area contributed by atoms with Gasteiger partial charge in [0.1, 0.15) is 17.2 Å². The van der Waals surface area contributed by atoms with Crippen molar-refractivity contribution in [3.8, 4) is 0 Å². The first-order valence-corrected chi connectivity index (χ1v) is 10.9. The Bertz CT molecular complexity index is 1240. The van der Waals surface area contributed by atoms with Crippen LogP contribution < -0.4 is 5.32 Å². The fraction of sp³-hybridized carbons (Fsp3) is 0.240. The number of nitrogens with zero attached hydrogens (tertiary/aromatic N) is 3. The van der Waals surface area contributed by atoms with E-state index in [1.165, 1.54) is 12.1 Å². The summed E-state index contributed by atoms with van der Waals surface area (Å²) in [5.41, 5.74) is 4.49. The van der Waals surface area contributed by atoms with E-state index in [0.717, 1.165) is 33.7 Å². The minimum atomic E-state index is -0.273. The number of amides is 1. The van der Waals surface area contributed by atoms with Gasteiger partial charge >= 0.3 is 0 Å². The minimum Gasteiger partial charge on any atom is -0.350 e. The molecular weight excluding hydrogens is 427 g/mol. The van der Waals surface area contributed by atoms with Crippen molar-refractivity contribution in [2.45, 2.75) is 39.3 Å². The monoisotopic (exact) mass is 450 g/mol. The number of benzene rings is 2. The second-order valence-corrected chi connectivity index (χ2v) is 8.37. The van der Waals surface area contributed by atoms with Crippen LogP contribution in [0, 0.1) is 12.7 Å². The highest BCUT2D eigenvalue weighted by Gasteiger charge is 2.16. The van der Waals surface area contributed by atoms with Gasteiger partial charge in [0.2, 0.25) is 5.91 Å². The molecule has 0 bridgehead atoms. The average Bonchev–Trinajstić information content (AvgIpc) is 3.10. The number of imidazole rings is 1. The zero-order valence-corrected chi connectivity index (χ0v) is 18.7. The van der Waals surface area contributed by atoms with Gasteiger partial charge in [-0.3, -0.25) is 4.79 Å². The van der Waals surface area contributed by atoms with Crippen LogP contribution in [0.3, 0.4) is 0 Å². The number of hydrogen-bond donors (Lipinski definition) is 1. The van der Waals surface area contributed by atoms with Crippen LogP contribution in [-0.4, -0.2) is 20.4 Å². The lowest BCUT2D eigenvalue weighted by Crippen LogP contribution is -2.27. The van der Waals surface area contributed by atoms with Gasteiger partial charge in [0.05, 0.1) is 12.6 Å². The van der Waals surface area contributed by atoms with Gasteiger partial charge in [-0.15, -0.1) is 0 Å². The number of rotatable bonds is 7. The molecule has 0 aliphatic rings. The number of carbonyl (C=O) groups excluding carboxylic acids is 1. The van der Waals surface area contributed by atoms with Crippen LogP contribution in [-0.2, 0) is 17.8 Å². The van der Waals surface area contributed by atoms with Crippen LogP contribution in [0.2, 0.25) is 5.02 Å². The summed E-state index contributed by atoms with van der Waals surface area (Å²) in [6, 6.07) is 15.7. The summed E-state index contributed by atoms with van der Waals surface area (Å²) in [4.78, 5) is 21.9. The lowest BCUT2D eigenvalue weighted by atomic mass is 10.1. The quantitative estimate of drug-likeness (QED) is 0.410. The molecule has 164 valence electrons. The summed E-state index contributed by atoms with van der Waals surface area (Å²) in [5.74, 6) is 0.443. The van der Waals surface area contributed by atoms with Gasteiger partial charge < -0.3 is 9.88 Å². The number of pyridine rings is 1. The van der Waals surface area contributed by atoms with Crippen molar-refractivity contribution in [2.24, 2.45) is 0 Å². The van der Waals surface area contributed by atoms with Crippen LogP contribution in [0.25, 0.3) is 11.2 Å². The maximum absolute atomic E-state index is 13.3. The predicted octanol–water partition coefficient (Wildman–Crippen LogP) is 5.39. The number of nitrogens with one attached hydrogen (secondary N) is 1. The van der Waals surface area contributed by atoms with Gasteiger partial charge in [0, 0.05) is 24.1 Å². The molecule has 1 unspecified atom stereocenters. The highest BCUT2D eigenvalue weighted by Crippen LogP contribution is 2.20. The van der Waals surface area contributed by atoms with E-state index >= 15 is 0 Å². The predicted molar refractivity (Wildman–Crippen MR) is 124 cm³/mol. The van der Waals surface area contributed by atoms with Crippen LogP contribution in [0.1, 0.15) is 41.9 Å². The second-order valence-electron chi connectivity index (χ2n) is 7.94. The molecule has 0 spiro atoms. The Labute approximate surface area is 191 Å². The summed E-state index contributed by atoms with van der Waals surface area (Å²) in [5, 5.41) is 3.69. The lowest BCUT2D eigenvalue weighted by Gasteiger charge is -2.15. The first-order valence-electron chi connectivity index (χ1n) is 10.5. The van der Waals surface area contributed by atoms with E-state index in [0.29, 0.717) is 24.4 Å². The Hall–Kier alpha value is -3.25. The third-order valence-electron chi connectivity index (χ3n) is 5.38. The Balaban J connectivity index is 1.50. The van der Waals surface area contributed by atoms with Gasteiger partial charge in [0.25, 0.3) is 0 Å². The molecule has 0 saturated heterocycles. The number of carbonyl (C=O) groups is 1. The van der Waals surface area contributed by atoms with Gasteiger partial charge in [0.15, 0.2) is 5.65 Å². The molecule has 0 saturated carbocycles. The van der Waals surface area contributed by atoms with Crippen LogP contribution in [0.4, 0.5) is 4.39 Å². The third-order valence-corrected chi connectivity index (χ3v) is 5.63. The lowest BCUT2D eigenvalue weighted by molar-refractivity contribution is -0.121. The fourth-order valence-electron chi connectivity index (χ4n) is 3.66. The van der Waals surface area contributed by atoms with Crippen molar-refractivity contribution in [2.75, 3.05) is 0 Å². The van der Waals surface area contributed by atoms with Crippen molar-refractivity contribution < 1.29 is 9.18 Å². The summed E-state index contributed by atoms with van der Waals surface area (Å²) in [6.07, 6.45) is 2.56. The number of aromatic nitrogens is 3. The Morgan fingerprint density at radius 3 is 2.59 bits per heavy atom. The molecule has 0 radical (unpaired) electrons. The van der Waals surface area contributed by atoms with Crippen LogP contribution in [0.5, 0.6) is 0 Å². The number of aryl methyl sites for hydroxylation is 2. The van der Waals surface area contributed by atoms with E-state index in [2.05, 4.69) is 10.3 Å². The Morgan fingerprint density at radius 2 is 1.88 bits per heavy atom. The first-order chi connectivity index (χ1) is 15.4. The molecule has 0 aliphatic heterocycles. The molecule has 7 heteroatoms. The second kappa shape index (κ2) is 9.49. The molecule has 2 heterocycles. The SMILES string of the molecule is Cc1cnc2c(c1)nc(CCC(=O)NC(C)c1ccc(Cl)cc1)n2Cc1ccc(F)cc1. The molecule has 2 aromatic heterocycles. The van der Waals surface area contributed by atoms with E-state index in [1.807, 2.05) is 48.7 Å². The molecule has 2 aromatic carbocycles. The van der Waals surface area contributed by atoms with Crippen LogP contribution in [0.15, 0.2) is 60.8 Å². The number of halogens is 2. The molecule has 1 amide bonds. The summed E-state index contributed by atoms with van der Waals surface area (Å²) >= 11 is 5.94. The number of hydrogen-bond acceptors (Lipinski definition) is 3. The zero-order valence-electron chi connectivity index (χ0n) is 18.0. The van der Waals surface area contributed by atoms with E-state index in [9.17, 15) is 9.18 Å². The molecule has 4 aromatic rings. The molecule has 5 nitrogen and oxygen atoms in total. The maximum atomic E-state index is 13.3. The highest BCUT2D eigenvalue weighted by molar-refractivity contribution is 6.30. The molecule has 1 atom stereocenters. The molecule has 32 heavy (non-hydrogen) atoms. The largest absolute Gasteiger partial charge is 0.350 e. The third kappa shape index (κ3) is 5.14. The fourth-order valence-corrected chi connectivity index (χ4v) is 3.79. The van der Waals surface area contributed by atoms with Gasteiger partial charge in [-0.25, -0.2) is 14.4 Å². The smallest absolute Gasteiger partial charge is 0.220 e. The van der Waals surface area contributed by atoms with Crippen molar-refractivity contribution >= 4 is 28.7 Å². The molecule has 0 aliphatic carbocycles. The summed E-state index contributed by atoms with van der Waals surface area (Å²) < 4.78 is 15.3. The summed E-state index contributed by atoms with van der Waals surface area (Å²) in [7, 11) is 0.